The molecule has 6 atom stereocenters. The highest BCUT2D eigenvalue weighted by Gasteiger charge is 2.46. The molecule has 1 aromatic carbocycles. The summed E-state index contributed by atoms with van der Waals surface area (Å²) in [7, 11) is 0. The summed E-state index contributed by atoms with van der Waals surface area (Å²) in [5, 5.41) is 50.6. The number of hydrogen-bond donors (Lipinski definition) is 5. The molecule has 1 aromatic heterocycles. The van der Waals surface area contributed by atoms with Crippen molar-refractivity contribution in [3.05, 3.63) is 34.2 Å². The molecule has 4 rings (SSSR count). The molecule has 0 bridgehead atoms. The van der Waals surface area contributed by atoms with Gasteiger partial charge in [-0.2, -0.15) is 0 Å². The first-order chi connectivity index (χ1) is 14.1. The van der Waals surface area contributed by atoms with E-state index in [2.05, 4.69) is 0 Å². The summed E-state index contributed by atoms with van der Waals surface area (Å²) < 4.78 is 22.4. The fraction of sp³-hybridized carbons (Fsp3) is 0.550. The number of ether oxygens (including phenoxy) is 3. The van der Waals surface area contributed by atoms with Crippen LogP contribution in [0, 0.1) is 0 Å². The maximum absolute atomic E-state index is 11.8. The van der Waals surface area contributed by atoms with Crippen LogP contribution in [0.2, 0.25) is 0 Å². The first kappa shape index (κ1) is 21.0. The van der Waals surface area contributed by atoms with Crippen LogP contribution in [0.15, 0.2) is 27.4 Å². The van der Waals surface area contributed by atoms with Crippen LogP contribution < -0.4 is 15.1 Å². The van der Waals surface area contributed by atoms with Crippen LogP contribution in [0.4, 0.5) is 0 Å². The molecule has 0 saturated carbocycles. The Morgan fingerprint density at radius 1 is 1.17 bits per heavy atom. The van der Waals surface area contributed by atoms with Crippen LogP contribution in [0.5, 0.6) is 11.5 Å². The van der Waals surface area contributed by atoms with Crippen molar-refractivity contribution in [2.75, 3.05) is 6.61 Å². The van der Waals surface area contributed by atoms with Crippen molar-refractivity contribution < 1.29 is 44.2 Å². The average molecular weight is 424 g/mol. The zero-order valence-electron chi connectivity index (χ0n) is 16.4. The van der Waals surface area contributed by atoms with Crippen molar-refractivity contribution in [1.29, 1.82) is 0 Å². The van der Waals surface area contributed by atoms with Gasteiger partial charge in [-0.15, -0.1) is 0 Å². The third-order valence-corrected chi connectivity index (χ3v) is 5.43. The molecule has 2 aliphatic rings. The Morgan fingerprint density at radius 3 is 2.57 bits per heavy atom. The number of benzene rings is 1. The van der Waals surface area contributed by atoms with Gasteiger partial charge in [-0.25, -0.2) is 4.79 Å². The summed E-state index contributed by atoms with van der Waals surface area (Å²) in [4.78, 5) is 11.8. The third-order valence-electron chi connectivity index (χ3n) is 5.43. The molecule has 2 aromatic rings. The largest absolute Gasteiger partial charge is 0.483 e. The number of aliphatic hydroxyl groups excluding tert-OH is 4. The van der Waals surface area contributed by atoms with Gasteiger partial charge in [-0.05, 0) is 26.0 Å². The molecular weight excluding hydrogens is 400 g/mol. The van der Waals surface area contributed by atoms with E-state index in [1.54, 1.807) is 26.0 Å². The van der Waals surface area contributed by atoms with E-state index >= 15 is 0 Å². The standard InChI is InChI=1S/C20H24O10/c1-20(2,26)11-6-9-5-8-3-4-12(22)29-16(8)18(17(9)28-11)30-19-15(25)14(24)13(23)10(7-21)27-19/h3-5,10-11,13-15,19,21,23-26H,6-7H2,1-2H3/t10-,11+,13-,14-,15-,19-/m0/s1. The summed E-state index contributed by atoms with van der Waals surface area (Å²) in [5.74, 6) is 0.164. The van der Waals surface area contributed by atoms with Crippen LogP contribution in [0.25, 0.3) is 11.0 Å². The lowest BCUT2D eigenvalue weighted by molar-refractivity contribution is -0.277. The van der Waals surface area contributed by atoms with E-state index in [1.807, 2.05) is 0 Å². The predicted molar refractivity (Wildman–Crippen MR) is 101 cm³/mol. The van der Waals surface area contributed by atoms with Crippen LogP contribution in [0.1, 0.15) is 19.4 Å². The van der Waals surface area contributed by atoms with Crippen LogP contribution >= 0.6 is 0 Å². The molecule has 0 aliphatic carbocycles. The number of fused-ring (bicyclic) bond motifs is 2. The first-order valence-electron chi connectivity index (χ1n) is 9.56. The zero-order valence-corrected chi connectivity index (χ0v) is 16.4. The minimum atomic E-state index is -1.66. The molecule has 30 heavy (non-hydrogen) atoms. The van der Waals surface area contributed by atoms with E-state index in [0.717, 1.165) is 0 Å². The van der Waals surface area contributed by atoms with Gasteiger partial charge in [-0.1, -0.05) is 0 Å². The van der Waals surface area contributed by atoms with Crippen molar-refractivity contribution in [1.82, 2.24) is 0 Å². The van der Waals surface area contributed by atoms with E-state index in [0.29, 0.717) is 17.4 Å². The van der Waals surface area contributed by atoms with Crippen LogP contribution in [0.3, 0.4) is 0 Å². The highest BCUT2D eigenvalue weighted by Crippen LogP contribution is 2.46. The second-order valence-corrected chi connectivity index (χ2v) is 8.15. The summed E-state index contributed by atoms with van der Waals surface area (Å²) in [6, 6.07) is 4.54. The van der Waals surface area contributed by atoms with Gasteiger partial charge < -0.3 is 44.2 Å². The summed E-state index contributed by atoms with van der Waals surface area (Å²) in [6.45, 7) is 2.58. The molecule has 10 nitrogen and oxygen atoms in total. The maximum Gasteiger partial charge on any atom is 0.336 e. The van der Waals surface area contributed by atoms with Crippen molar-refractivity contribution in [2.45, 2.75) is 62.7 Å². The Bertz CT molecular complexity index is 991. The Labute approximate surface area is 170 Å². The molecule has 0 unspecified atom stereocenters. The topological polar surface area (TPSA) is 159 Å². The van der Waals surface area contributed by atoms with Gasteiger partial charge in [0.2, 0.25) is 12.0 Å². The number of hydrogen-bond acceptors (Lipinski definition) is 10. The summed E-state index contributed by atoms with van der Waals surface area (Å²) in [6.07, 6.45) is -7.75. The van der Waals surface area contributed by atoms with Gasteiger partial charge in [0.1, 0.15) is 30.5 Å². The van der Waals surface area contributed by atoms with E-state index in [1.165, 1.54) is 6.07 Å². The smallest absolute Gasteiger partial charge is 0.336 e. The number of aliphatic hydroxyl groups is 5. The van der Waals surface area contributed by atoms with Crippen LogP contribution in [-0.2, 0) is 11.2 Å². The third kappa shape index (κ3) is 3.55. The lowest BCUT2D eigenvalue weighted by Gasteiger charge is -2.39. The molecular formula is C20H24O10. The highest BCUT2D eigenvalue weighted by molar-refractivity contribution is 5.87. The van der Waals surface area contributed by atoms with Gasteiger partial charge in [0, 0.05) is 23.4 Å². The first-order valence-corrected chi connectivity index (χ1v) is 9.56. The number of rotatable bonds is 4. The molecule has 164 valence electrons. The van der Waals surface area contributed by atoms with Crippen molar-refractivity contribution in [3.8, 4) is 11.5 Å². The van der Waals surface area contributed by atoms with Gasteiger partial charge in [-0.3, -0.25) is 0 Å². The monoisotopic (exact) mass is 424 g/mol. The molecule has 0 amide bonds. The average Bonchev–Trinajstić information content (AvgIpc) is 3.12. The van der Waals surface area contributed by atoms with Gasteiger partial charge in [0.05, 0.1) is 12.2 Å². The fourth-order valence-electron chi connectivity index (χ4n) is 3.67. The van der Waals surface area contributed by atoms with Crippen molar-refractivity contribution in [2.24, 2.45) is 0 Å². The Morgan fingerprint density at radius 2 is 1.90 bits per heavy atom. The molecule has 3 heterocycles. The quantitative estimate of drug-likeness (QED) is 0.387. The SMILES string of the molecule is CC(C)(O)[C@H]1Cc2cc3ccc(=O)oc3c(O[C@@H]3O[C@@H](CO)[C@H](O)[C@H](O)[C@@H]3O)c2O1. The highest BCUT2D eigenvalue weighted by atomic mass is 16.7. The van der Waals surface area contributed by atoms with E-state index in [-0.39, 0.29) is 17.1 Å². The lowest BCUT2D eigenvalue weighted by Crippen LogP contribution is -2.60. The van der Waals surface area contributed by atoms with Crippen LogP contribution in [-0.4, -0.2) is 74.6 Å². The zero-order chi connectivity index (χ0) is 21.8. The second-order valence-electron chi connectivity index (χ2n) is 8.15. The summed E-state index contributed by atoms with van der Waals surface area (Å²) in [5.41, 5.74) is -1.09. The fourth-order valence-corrected chi connectivity index (χ4v) is 3.67. The Balaban J connectivity index is 1.78. The maximum atomic E-state index is 11.8. The molecule has 1 saturated heterocycles. The summed E-state index contributed by atoms with van der Waals surface area (Å²) >= 11 is 0. The van der Waals surface area contributed by atoms with E-state index in [4.69, 9.17) is 18.6 Å². The normalized spacial score (nSPS) is 31.4. The predicted octanol–water partition coefficient (Wildman–Crippen LogP) is -0.954. The lowest BCUT2D eigenvalue weighted by atomic mass is 9.96. The molecule has 0 spiro atoms. The van der Waals surface area contributed by atoms with E-state index < -0.39 is 54.6 Å². The van der Waals surface area contributed by atoms with Gasteiger partial charge in [0.15, 0.2) is 11.3 Å². The molecule has 0 radical (unpaired) electrons. The molecule has 2 aliphatic heterocycles. The Kier molecular flexibility index (Phi) is 5.25. The van der Waals surface area contributed by atoms with Crippen molar-refractivity contribution >= 4 is 11.0 Å². The molecule has 1 fully saturated rings. The molecule has 5 N–H and O–H groups in total. The second kappa shape index (κ2) is 7.49. The minimum absolute atomic E-state index is 0.0367. The van der Waals surface area contributed by atoms with E-state index in [9.17, 15) is 30.3 Å². The minimum Gasteiger partial charge on any atom is -0.483 e. The molecule has 10 heteroatoms. The van der Waals surface area contributed by atoms with Crippen molar-refractivity contribution in [3.63, 3.8) is 0 Å². The Hall–Kier alpha value is -2.21. The van der Waals surface area contributed by atoms with Gasteiger partial charge >= 0.3 is 5.63 Å². The van der Waals surface area contributed by atoms with Gasteiger partial charge in [0.25, 0.3) is 0 Å².